The molecule has 6 heterocycles. The van der Waals surface area contributed by atoms with Gasteiger partial charge in [0.25, 0.3) is 0 Å². The minimum Gasteiger partial charge on any atom is -0.394 e. The molecule has 0 amide bonds. The molecule has 8 atom stereocenters. The second-order valence-corrected chi connectivity index (χ2v) is 16.0. The van der Waals surface area contributed by atoms with Gasteiger partial charge in [-0.3, -0.25) is 20.0 Å². The number of aliphatic hydroxyl groups excluding tert-OH is 6. The van der Waals surface area contributed by atoms with Crippen LogP contribution in [0.25, 0.3) is 22.3 Å². The number of nitrogens with zero attached hydrogens (tertiary/aromatic N) is 11. The van der Waals surface area contributed by atoms with Gasteiger partial charge in [-0.1, -0.05) is 38.5 Å². The first-order chi connectivity index (χ1) is 29.3. The molecule has 3 saturated carbocycles. The van der Waals surface area contributed by atoms with Crippen molar-refractivity contribution in [2.45, 2.75) is 126 Å². The molecule has 4 aromatic rings. The van der Waals surface area contributed by atoms with Crippen molar-refractivity contribution in [3.8, 4) is 0 Å². The lowest BCUT2D eigenvalue weighted by Gasteiger charge is -2.16. The van der Waals surface area contributed by atoms with E-state index in [-0.39, 0.29) is 12.6 Å². The van der Waals surface area contributed by atoms with E-state index in [1.165, 1.54) is 66.6 Å². The molecule has 60 heavy (non-hydrogen) atoms. The van der Waals surface area contributed by atoms with Gasteiger partial charge in [-0.15, -0.1) is 0 Å². The molecule has 0 aromatic carbocycles. The van der Waals surface area contributed by atoms with E-state index in [2.05, 4.69) is 61.5 Å². The van der Waals surface area contributed by atoms with E-state index < -0.39 is 55.7 Å². The number of fused-ring (bicyclic) bond motifs is 2. The van der Waals surface area contributed by atoms with Crippen molar-refractivity contribution < 1.29 is 40.1 Å². The Morgan fingerprint density at radius 2 is 1.02 bits per heavy atom. The van der Waals surface area contributed by atoms with Crippen LogP contribution >= 0.6 is 0 Å². The minimum atomic E-state index is -1.25. The summed E-state index contributed by atoms with van der Waals surface area (Å²) < 4.78 is 14.3. The summed E-state index contributed by atoms with van der Waals surface area (Å²) in [6.07, 6.45) is 15.7. The summed E-state index contributed by atoms with van der Waals surface area (Å²) in [4.78, 5) is 26.1. The average Bonchev–Trinajstić information content (AvgIpc) is 4.13. The highest BCUT2D eigenvalue weighted by atomic mass is 16.6. The molecular weight excluding hydrogens is 781 g/mol. The van der Waals surface area contributed by atoms with Gasteiger partial charge in [0.2, 0.25) is 5.95 Å². The van der Waals surface area contributed by atoms with E-state index in [0.29, 0.717) is 51.7 Å². The number of anilines is 3. The zero-order chi connectivity index (χ0) is 41.6. The molecule has 324 valence electrons. The fourth-order valence-electron chi connectivity index (χ4n) is 8.50. The average molecular weight is 835 g/mol. The minimum absolute atomic E-state index is 0.244. The van der Waals surface area contributed by atoms with Crippen LogP contribution in [0.15, 0.2) is 34.3 Å². The van der Waals surface area contributed by atoms with Crippen molar-refractivity contribution in [2.24, 2.45) is 33.1 Å². The van der Waals surface area contributed by atoms with E-state index in [0.717, 1.165) is 38.5 Å². The molecule has 2 aliphatic heterocycles. The second kappa shape index (κ2) is 19.3. The number of nitrogens with one attached hydrogen (secondary N) is 3. The Labute approximate surface area is 344 Å². The third-order valence-electron chi connectivity index (χ3n) is 11.9. The zero-order valence-electron chi connectivity index (χ0n) is 33.1. The molecule has 0 spiro atoms. The number of hydrogen-bond donors (Lipinski definition) is 9. The van der Waals surface area contributed by atoms with Crippen LogP contribution < -0.4 is 16.3 Å². The Hall–Kier alpha value is -4.81. The highest BCUT2D eigenvalue weighted by Crippen LogP contribution is 2.34. The van der Waals surface area contributed by atoms with Gasteiger partial charge in [-0.25, -0.2) is 25.4 Å². The standard InChI is InChI=1S/C22H32N8O4.C16H22N6O4/c31-11-15-17(32)18(33)21(34-15)30-12-23-16-19(28-24-9-13-5-1-2-6-13)26-22(27-20(16)30)29-25-10-14-7-3-4-8-14;23-6-10-12(24)13(25)16(26-10)22-8-19-11-14(17-7-18-15(11)22)21-20-5-9-3-1-2-4-9/h9-10,12-15,17-18,21,31-33H,1-8,11H2,(H2,26,27,28,29);5,7-10,12-13,16,23-25H,1-4,6H2,(H,17,18,21)/b24-9-,25-10-;20-5-/t15-,17-,18-,21-;10-,12-,13-,16-/m11/s1. The van der Waals surface area contributed by atoms with Crippen LogP contribution in [0, 0.1) is 17.8 Å². The third-order valence-corrected chi connectivity index (χ3v) is 11.9. The molecule has 0 radical (unpaired) electrons. The largest absolute Gasteiger partial charge is 0.394 e. The Balaban J connectivity index is 0.000000172. The summed E-state index contributed by atoms with van der Waals surface area (Å²) >= 11 is 0. The van der Waals surface area contributed by atoms with Gasteiger partial charge >= 0.3 is 0 Å². The molecule has 5 aliphatic rings. The normalized spacial score (nSPS) is 29.3. The van der Waals surface area contributed by atoms with Crippen molar-refractivity contribution in [1.82, 2.24) is 39.0 Å². The maximum atomic E-state index is 10.5. The van der Waals surface area contributed by atoms with Crippen LogP contribution in [0.5, 0.6) is 0 Å². The molecule has 4 aromatic heterocycles. The Bertz CT molecular complexity index is 2120. The second-order valence-electron chi connectivity index (χ2n) is 16.0. The monoisotopic (exact) mass is 834 g/mol. The predicted octanol–water partition coefficient (Wildman–Crippen LogP) is 1.64. The highest BCUT2D eigenvalue weighted by molar-refractivity contribution is 5.85. The summed E-state index contributed by atoms with van der Waals surface area (Å²) in [6, 6.07) is 0. The van der Waals surface area contributed by atoms with Gasteiger partial charge < -0.3 is 40.1 Å². The Kier molecular flexibility index (Phi) is 13.5. The number of ether oxygens (including phenoxy) is 2. The number of hydrogen-bond acceptors (Lipinski definition) is 20. The molecule has 5 fully saturated rings. The summed E-state index contributed by atoms with van der Waals surface area (Å²) in [7, 11) is 0. The molecular formula is C38H54N14O8. The SMILES string of the molecule is OC[C@H]1O[C@@H](n2cnc3c(N/N=C\C4CCCC4)nc(N/N=C\C4CCCC4)nc32)[C@H](O)[C@@H]1O.OC[C@H]1O[C@@H](n2cnc3c(N/N=C\C4CCCC4)ncnc32)[C@H](O)[C@@H]1O. The van der Waals surface area contributed by atoms with Gasteiger partial charge in [-0.2, -0.15) is 25.3 Å². The van der Waals surface area contributed by atoms with Crippen LogP contribution in [0.1, 0.15) is 89.5 Å². The summed E-state index contributed by atoms with van der Waals surface area (Å²) in [6.45, 7) is -0.805. The number of aromatic nitrogens is 8. The van der Waals surface area contributed by atoms with E-state index in [4.69, 9.17) is 9.47 Å². The summed E-state index contributed by atoms with van der Waals surface area (Å²) in [5.74, 6) is 2.49. The fraction of sp³-hybridized carbons (Fsp3) is 0.658. The first-order valence-corrected chi connectivity index (χ1v) is 20.9. The van der Waals surface area contributed by atoms with Gasteiger partial charge in [0.05, 0.1) is 25.9 Å². The summed E-state index contributed by atoms with van der Waals surface area (Å²) in [5, 5.41) is 72.5. The lowest BCUT2D eigenvalue weighted by atomic mass is 10.1. The van der Waals surface area contributed by atoms with E-state index in [1.807, 2.05) is 18.6 Å². The molecule has 9 N–H and O–H groups in total. The van der Waals surface area contributed by atoms with Gasteiger partial charge in [0, 0.05) is 18.6 Å². The van der Waals surface area contributed by atoms with Gasteiger partial charge in [-0.05, 0) is 56.3 Å². The quantitative estimate of drug-likeness (QED) is 0.0683. The predicted molar refractivity (Wildman–Crippen MR) is 219 cm³/mol. The van der Waals surface area contributed by atoms with E-state index in [9.17, 15) is 30.6 Å². The first kappa shape index (κ1) is 41.9. The summed E-state index contributed by atoms with van der Waals surface area (Å²) in [5.41, 5.74) is 10.5. The van der Waals surface area contributed by atoms with Crippen LogP contribution in [0.2, 0.25) is 0 Å². The lowest BCUT2D eigenvalue weighted by Crippen LogP contribution is -2.33. The maximum Gasteiger partial charge on any atom is 0.247 e. The zero-order valence-corrected chi connectivity index (χ0v) is 33.1. The third kappa shape index (κ3) is 9.10. The van der Waals surface area contributed by atoms with Crippen LogP contribution in [-0.2, 0) is 9.47 Å². The van der Waals surface area contributed by atoms with Crippen molar-refractivity contribution in [3.05, 3.63) is 19.0 Å². The molecule has 0 bridgehead atoms. The molecule has 3 aliphatic carbocycles. The highest BCUT2D eigenvalue weighted by Gasteiger charge is 2.45. The van der Waals surface area contributed by atoms with Crippen LogP contribution in [-0.4, -0.2) is 138 Å². The molecule has 2 saturated heterocycles. The van der Waals surface area contributed by atoms with E-state index >= 15 is 0 Å². The maximum absolute atomic E-state index is 10.5. The Morgan fingerprint density at radius 3 is 1.50 bits per heavy atom. The number of hydrazone groups is 3. The lowest BCUT2D eigenvalue weighted by molar-refractivity contribution is -0.0511. The number of aliphatic hydroxyl groups is 6. The fourth-order valence-corrected chi connectivity index (χ4v) is 8.50. The van der Waals surface area contributed by atoms with Crippen molar-refractivity contribution >= 4 is 58.6 Å². The smallest absolute Gasteiger partial charge is 0.247 e. The van der Waals surface area contributed by atoms with Crippen LogP contribution in [0.3, 0.4) is 0 Å². The number of imidazole rings is 2. The van der Waals surface area contributed by atoms with Gasteiger partial charge in [0.1, 0.15) is 43.0 Å². The van der Waals surface area contributed by atoms with E-state index in [1.54, 1.807) is 0 Å². The molecule has 0 unspecified atom stereocenters. The first-order valence-electron chi connectivity index (χ1n) is 20.9. The Morgan fingerprint density at radius 1 is 0.567 bits per heavy atom. The van der Waals surface area contributed by atoms with Gasteiger partial charge in [0.15, 0.2) is 46.4 Å². The molecule has 22 nitrogen and oxygen atoms in total. The molecule has 9 rings (SSSR count). The topological polar surface area (TPSA) is 300 Å². The van der Waals surface area contributed by atoms with Crippen molar-refractivity contribution in [2.75, 3.05) is 29.5 Å². The number of rotatable bonds is 13. The van der Waals surface area contributed by atoms with Crippen LogP contribution in [0.4, 0.5) is 17.6 Å². The van der Waals surface area contributed by atoms with Crippen molar-refractivity contribution in [1.29, 1.82) is 0 Å². The molecule has 22 heteroatoms. The van der Waals surface area contributed by atoms with Crippen molar-refractivity contribution in [3.63, 3.8) is 0 Å².